The van der Waals surface area contributed by atoms with Gasteiger partial charge in [0.25, 0.3) is 0 Å². The van der Waals surface area contributed by atoms with Gasteiger partial charge in [0.1, 0.15) is 5.76 Å². The molecule has 0 spiro atoms. The number of para-hydroxylation sites is 1. The van der Waals surface area contributed by atoms with Gasteiger partial charge in [0.2, 0.25) is 0 Å². The molecule has 122 valence electrons. The van der Waals surface area contributed by atoms with Crippen molar-refractivity contribution >= 4 is 11.6 Å². The number of ketones is 1. The summed E-state index contributed by atoms with van der Waals surface area (Å²) in [6, 6.07) is 13.7. The van der Waals surface area contributed by atoms with Crippen LogP contribution < -0.4 is 5.32 Å². The van der Waals surface area contributed by atoms with Crippen molar-refractivity contribution < 1.29 is 9.21 Å². The first-order valence-electron chi connectivity index (χ1n) is 8.25. The molecule has 0 radical (unpaired) electrons. The van der Waals surface area contributed by atoms with Crippen LogP contribution in [0.3, 0.4) is 0 Å². The zero-order chi connectivity index (χ0) is 16.5. The first-order valence-corrected chi connectivity index (χ1v) is 8.25. The summed E-state index contributed by atoms with van der Waals surface area (Å²) in [5.41, 5.74) is 2.64. The van der Waals surface area contributed by atoms with Gasteiger partial charge in [0, 0.05) is 25.3 Å². The molecular weight excluding hydrogens is 302 g/mol. The van der Waals surface area contributed by atoms with Gasteiger partial charge in [-0.3, -0.25) is 4.79 Å². The lowest BCUT2D eigenvalue weighted by Gasteiger charge is -2.21. The lowest BCUT2D eigenvalue weighted by molar-refractivity contribution is 0.0960. The molecule has 0 fully saturated rings. The Hall–Kier alpha value is -2.82. The van der Waals surface area contributed by atoms with E-state index in [4.69, 9.17) is 4.42 Å². The van der Waals surface area contributed by atoms with Crippen molar-refractivity contribution in [3.8, 4) is 5.69 Å². The van der Waals surface area contributed by atoms with Gasteiger partial charge in [-0.15, -0.1) is 5.10 Å². The number of anilines is 1. The minimum atomic E-state index is 0.0636. The molecule has 0 saturated carbocycles. The average molecular weight is 321 g/mol. The number of Topliss-reactive ketones (excluding diaryl/α,β-unsaturated/α-hetero) is 1. The first-order chi connectivity index (χ1) is 11.8. The van der Waals surface area contributed by atoms with Gasteiger partial charge in [0.15, 0.2) is 11.6 Å². The minimum Gasteiger partial charge on any atom is -0.469 e. The second kappa shape index (κ2) is 6.00. The number of carbonyl (C=O) groups is 1. The molecule has 5 nitrogen and oxygen atoms in total. The zero-order valence-electron chi connectivity index (χ0n) is 13.5. The second-order valence-electron chi connectivity index (χ2n) is 5.99. The highest BCUT2D eigenvalue weighted by Crippen LogP contribution is 2.37. The average Bonchev–Trinajstić information content (AvgIpc) is 3.24. The number of benzene rings is 1. The van der Waals surface area contributed by atoms with Crippen LogP contribution in [0.25, 0.3) is 5.69 Å². The Balaban J connectivity index is 1.83. The number of furan rings is 1. The van der Waals surface area contributed by atoms with Crippen molar-refractivity contribution in [2.75, 3.05) is 11.9 Å². The van der Waals surface area contributed by atoms with Crippen LogP contribution in [-0.2, 0) is 6.42 Å². The maximum atomic E-state index is 12.8. The fraction of sp³-hybridized carbons (Fsp3) is 0.263. The Labute approximate surface area is 140 Å². The minimum absolute atomic E-state index is 0.0636. The molecule has 0 saturated heterocycles. The number of nitrogens with one attached hydrogen (secondary N) is 1. The van der Waals surface area contributed by atoms with Gasteiger partial charge in [0.05, 0.1) is 23.2 Å². The highest BCUT2D eigenvalue weighted by Gasteiger charge is 2.34. The Morgan fingerprint density at radius 2 is 2.04 bits per heavy atom. The summed E-state index contributed by atoms with van der Waals surface area (Å²) >= 11 is 0. The number of nitrogens with zero attached hydrogens (tertiary/aromatic N) is 2. The van der Waals surface area contributed by atoms with E-state index in [1.807, 2.05) is 54.1 Å². The van der Waals surface area contributed by atoms with Crippen LogP contribution in [0, 0.1) is 0 Å². The van der Waals surface area contributed by atoms with Crippen molar-refractivity contribution in [2.45, 2.75) is 25.7 Å². The molecule has 1 aromatic carbocycles. The third-order valence-corrected chi connectivity index (χ3v) is 4.42. The van der Waals surface area contributed by atoms with Crippen molar-refractivity contribution in [3.05, 3.63) is 65.7 Å². The summed E-state index contributed by atoms with van der Waals surface area (Å²) < 4.78 is 7.43. The van der Waals surface area contributed by atoms with Crippen LogP contribution in [0.15, 0.2) is 53.1 Å². The molecule has 2 heterocycles. The molecular formula is C19H19N3O2. The molecule has 0 aliphatic heterocycles. The third kappa shape index (κ3) is 2.42. The van der Waals surface area contributed by atoms with Crippen molar-refractivity contribution in [1.29, 1.82) is 0 Å². The number of hydrogen-bond donors (Lipinski definition) is 1. The van der Waals surface area contributed by atoms with E-state index in [1.54, 1.807) is 6.26 Å². The van der Waals surface area contributed by atoms with Gasteiger partial charge in [-0.25, -0.2) is 4.68 Å². The van der Waals surface area contributed by atoms with Crippen molar-refractivity contribution in [2.24, 2.45) is 0 Å². The van der Waals surface area contributed by atoms with E-state index >= 15 is 0 Å². The van der Waals surface area contributed by atoms with Crippen molar-refractivity contribution in [1.82, 2.24) is 9.78 Å². The summed E-state index contributed by atoms with van der Waals surface area (Å²) in [6.07, 6.45) is 2.86. The fourth-order valence-electron chi connectivity index (χ4n) is 3.36. The Bertz CT molecular complexity index is 850. The molecule has 24 heavy (non-hydrogen) atoms. The molecule has 4 rings (SSSR count). The van der Waals surface area contributed by atoms with Crippen LogP contribution in [0.4, 0.5) is 5.82 Å². The monoisotopic (exact) mass is 321 g/mol. The third-order valence-electron chi connectivity index (χ3n) is 4.42. The van der Waals surface area contributed by atoms with Crippen LogP contribution in [0.5, 0.6) is 0 Å². The molecule has 1 atom stereocenters. The molecule has 1 aliphatic rings. The Morgan fingerprint density at radius 3 is 2.75 bits per heavy atom. The number of rotatable bonds is 4. The largest absolute Gasteiger partial charge is 0.469 e. The van der Waals surface area contributed by atoms with Gasteiger partial charge in [-0.2, -0.15) is 0 Å². The Kier molecular flexibility index (Phi) is 3.69. The summed E-state index contributed by atoms with van der Waals surface area (Å²) in [5.74, 6) is 1.73. The fourth-order valence-corrected chi connectivity index (χ4v) is 3.36. The van der Waals surface area contributed by atoms with Gasteiger partial charge in [-0.1, -0.05) is 18.2 Å². The molecule has 2 aromatic heterocycles. The maximum absolute atomic E-state index is 12.8. The number of aromatic nitrogens is 2. The SMILES string of the molecule is CCNc1nn(-c2ccccc2)c2c1C(=O)C[C@H](c1ccco1)C2. The van der Waals surface area contributed by atoms with E-state index in [9.17, 15) is 4.79 Å². The van der Waals surface area contributed by atoms with Gasteiger partial charge in [-0.05, 0) is 31.2 Å². The van der Waals surface area contributed by atoms with E-state index in [-0.39, 0.29) is 11.7 Å². The molecule has 0 amide bonds. The molecule has 1 aliphatic carbocycles. The lowest BCUT2D eigenvalue weighted by atomic mass is 9.85. The normalized spacial score (nSPS) is 16.9. The van der Waals surface area contributed by atoms with Crippen molar-refractivity contribution in [3.63, 3.8) is 0 Å². The van der Waals surface area contributed by atoms with Gasteiger partial charge < -0.3 is 9.73 Å². The molecule has 0 unspecified atom stereocenters. The molecule has 0 bridgehead atoms. The van der Waals surface area contributed by atoms with Crippen LogP contribution in [0.2, 0.25) is 0 Å². The number of carbonyl (C=O) groups excluding carboxylic acids is 1. The standard InChI is InChI=1S/C19H19N3O2/c1-2-20-19-18-15(22(21-19)14-7-4-3-5-8-14)11-13(12-16(18)23)17-9-6-10-24-17/h3-10,13H,2,11-12H2,1H3,(H,20,21)/t13-/m1/s1. The van der Waals surface area contributed by atoms with Gasteiger partial charge >= 0.3 is 0 Å². The first kappa shape index (κ1) is 14.8. The van der Waals surface area contributed by atoms with E-state index in [2.05, 4.69) is 10.4 Å². The quantitative estimate of drug-likeness (QED) is 0.794. The lowest BCUT2D eigenvalue weighted by Crippen LogP contribution is -2.20. The van der Waals surface area contributed by atoms with E-state index in [1.165, 1.54) is 0 Å². The van der Waals surface area contributed by atoms with E-state index in [0.29, 0.717) is 12.2 Å². The van der Waals surface area contributed by atoms with E-state index < -0.39 is 0 Å². The smallest absolute Gasteiger partial charge is 0.169 e. The molecule has 5 heteroatoms. The number of fused-ring (bicyclic) bond motifs is 1. The summed E-state index contributed by atoms with van der Waals surface area (Å²) in [5, 5.41) is 7.90. The topological polar surface area (TPSA) is 60.1 Å². The predicted molar refractivity (Wildman–Crippen MR) is 91.8 cm³/mol. The van der Waals surface area contributed by atoms with Crippen LogP contribution in [0.1, 0.15) is 41.1 Å². The second-order valence-corrected chi connectivity index (χ2v) is 5.99. The highest BCUT2D eigenvalue weighted by molar-refractivity contribution is 6.03. The van der Waals surface area contributed by atoms with Crippen LogP contribution >= 0.6 is 0 Å². The Morgan fingerprint density at radius 1 is 1.21 bits per heavy atom. The summed E-state index contributed by atoms with van der Waals surface area (Å²) in [6.45, 7) is 2.74. The molecule has 3 aromatic rings. The number of hydrogen-bond acceptors (Lipinski definition) is 4. The predicted octanol–water partition coefficient (Wildman–Crippen LogP) is 3.81. The summed E-state index contributed by atoms with van der Waals surface area (Å²) in [4.78, 5) is 12.8. The summed E-state index contributed by atoms with van der Waals surface area (Å²) in [7, 11) is 0. The highest BCUT2D eigenvalue weighted by atomic mass is 16.3. The van der Waals surface area contributed by atoms with Crippen LogP contribution in [-0.4, -0.2) is 22.1 Å². The zero-order valence-corrected chi connectivity index (χ0v) is 13.5. The molecule has 1 N–H and O–H groups in total. The maximum Gasteiger partial charge on any atom is 0.169 e. The van der Waals surface area contributed by atoms with E-state index in [0.717, 1.165) is 35.7 Å².